The van der Waals surface area contributed by atoms with E-state index in [2.05, 4.69) is 0 Å². The largest absolute Gasteiger partial charge is 0.493 e. The Morgan fingerprint density at radius 3 is 2.65 bits per heavy atom. The average molecular weight is 236 g/mol. The SMILES string of the molecule is COc1ccc(CC2CCOC2=O)cc1OC. The summed E-state index contributed by atoms with van der Waals surface area (Å²) in [5.41, 5.74) is 1.06. The third kappa shape index (κ3) is 2.52. The topological polar surface area (TPSA) is 44.8 Å². The first kappa shape index (κ1) is 11.8. The average Bonchev–Trinajstić information content (AvgIpc) is 2.75. The normalized spacial score (nSPS) is 18.9. The van der Waals surface area contributed by atoms with E-state index >= 15 is 0 Å². The molecule has 0 N–H and O–H groups in total. The maximum Gasteiger partial charge on any atom is 0.309 e. The molecule has 17 heavy (non-hydrogen) atoms. The van der Waals surface area contributed by atoms with Crippen LogP contribution in [0.15, 0.2) is 18.2 Å². The molecule has 0 aromatic heterocycles. The number of methoxy groups -OCH3 is 2. The third-order valence-electron chi connectivity index (χ3n) is 2.97. The van der Waals surface area contributed by atoms with Crippen LogP contribution in [0.25, 0.3) is 0 Å². The second kappa shape index (κ2) is 5.08. The molecule has 0 spiro atoms. The van der Waals surface area contributed by atoms with E-state index in [-0.39, 0.29) is 11.9 Å². The van der Waals surface area contributed by atoms with E-state index in [9.17, 15) is 4.79 Å². The minimum atomic E-state index is -0.0974. The first-order valence-electron chi connectivity index (χ1n) is 5.62. The van der Waals surface area contributed by atoms with Crippen LogP contribution in [-0.4, -0.2) is 26.8 Å². The van der Waals surface area contributed by atoms with Crippen LogP contribution < -0.4 is 9.47 Å². The Labute approximate surface area is 100 Å². The van der Waals surface area contributed by atoms with Gasteiger partial charge >= 0.3 is 5.97 Å². The molecule has 1 heterocycles. The summed E-state index contributed by atoms with van der Waals surface area (Å²) in [5.74, 6) is 1.27. The Morgan fingerprint density at radius 2 is 2.06 bits per heavy atom. The summed E-state index contributed by atoms with van der Waals surface area (Å²) in [4.78, 5) is 11.4. The van der Waals surface area contributed by atoms with Crippen molar-refractivity contribution in [1.82, 2.24) is 0 Å². The third-order valence-corrected chi connectivity index (χ3v) is 2.97. The maximum absolute atomic E-state index is 11.4. The molecule has 1 saturated heterocycles. The highest BCUT2D eigenvalue weighted by atomic mass is 16.5. The Hall–Kier alpha value is -1.71. The van der Waals surface area contributed by atoms with Crippen molar-refractivity contribution < 1.29 is 19.0 Å². The van der Waals surface area contributed by atoms with E-state index in [1.54, 1.807) is 14.2 Å². The van der Waals surface area contributed by atoms with Gasteiger partial charge in [-0.05, 0) is 30.5 Å². The molecule has 4 nitrogen and oxygen atoms in total. The van der Waals surface area contributed by atoms with Crippen molar-refractivity contribution >= 4 is 5.97 Å². The van der Waals surface area contributed by atoms with Gasteiger partial charge in [-0.25, -0.2) is 0 Å². The van der Waals surface area contributed by atoms with Gasteiger partial charge in [0.2, 0.25) is 0 Å². The number of hydrogen-bond acceptors (Lipinski definition) is 4. The Bertz CT molecular complexity index is 414. The molecule has 2 rings (SSSR count). The molecule has 0 aliphatic carbocycles. The number of rotatable bonds is 4. The van der Waals surface area contributed by atoms with Crippen molar-refractivity contribution in [1.29, 1.82) is 0 Å². The summed E-state index contributed by atoms with van der Waals surface area (Å²) in [5, 5.41) is 0. The minimum Gasteiger partial charge on any atom is -0.493 e. The molecule has 1 fully saturated rings. The lowest BCUT2D eigenvalue weighted by atomic mass is 9.98. The van der Waals surface area contributed by atoms with Crippen molar-refractivity contribution in [3.8, 4) is 11.5 Å². The molecule has 0 radical (unpaired) electrons. The van der Waals surface area contributed by atoms with Crippen molar-refractivity contribution in [3.63, 3.8) is 0 Å². The molecule has 1 atom stereocenters. The summed E-state index contributed by atoms with van der Waals surface area (Å²) < 4.78 is 15.3. The predicted octanol–water partition coefficient (Wildman–Crippen LogP) is 1.81. The van der Waals surface area contributed by atoms with Gasteiger partial charge in [0.1, 0.15) is 0 Å². The number of cyclic esters (lactones) is 1. The van der Waals surface area contributed by atoms with E-state index in [0.717, 1.165) is 12.0 Å². The van der Waals surface area contributed by atoms with E-state index in [4.69, 9.17) is 14.2 Å². The summed E-state index contributed by atoms with van der Waals surface area (Å²) in [6.45, 7) is 0.538. The fraction of sp³-hybridized carbons (Fsp3) is 0.462. The van der Waals surface area contributed by atoms with Gasteiger partial charge in [-0.2, -0.15) is 0 Å². The number of ether oxygens (including phenoxy) is 3. The molecule has 1 aromatic rings. The van der Waals surface area contributed by atoms with E-state index in [1.807, 2.05) is 18.2 Å². The second-order valence-electron chi connectivity index (χ2n) is 4.05. The number of benzene rings is 1. The summed E-state index contributed by atoms with van der Waals surface area (Å²) in [7, 11) is 3.21. The molecule has 1 aliphatic heterocycles. The molecule has 92 valence electrons. The van der Waals surface area contributed by atoms with Crippen LogP contribution in [0.3, 0.4) is 0 Å². The van der Waals surface area contributed by atoms with E-state index < -0.39 is 0 Å². The molecular formula is C13H16O4. The number of carbonyl (C=O) groups is 1. The smallest absolute Gasteiger partial charge is 0.309 e. The van der Waals surface area contributed by atoms with Gasteiger partial charge in [-0.15, -0.1) is 0 Å². The van der Waals surface area contributed by atoms with Crippen molar-refractivity contribution in [3.05, 3.63) is 23.8 Å². The molecular weight excluding hydrogens is 220 g/mol. The quantitative estimate of drug-likeness (QED) is 0.748. The van der Waals surface area contributed by atoms with Crippen LogP contribution in [0, 0.1) is 5.92 Å². The van der Waals surface area contributed by atoms with Gasteiger partial charge in [0.25, 0.3) is 0 Å². The van der Waals surface area contributed by atoms with Crippen molar-refractivity contribution in [2.24, 2.45) is 5.92 Å². The maximum atomic E-state index is 11.4. The number of esters is 1. The van der Waals surface area contributed by atoms with Crippen LogP contribution in [-0.2, 0) is 16.0 Å². The van der Waals surface area contributed by atoms with Crippen LogP contribution in [0.1, 0.15) is 12.0 Å². The fourth-order valence-corrected chi connectivity index (χ4v) is 2.01. The summed E-state index contributed by atoms with van der Waals surface area (Å²) >= 11 is 0. The molecule has 4 heteroatoms. The standard InChI is InChI=1S/C13H16O4/c1-15-11-4-3-9(8-12(11)16-2)7-10-5-6-17-13(10)14/h3-4,8,10H,5-7H2,1-2H3. The lowest BCUT2D eigenvalue weighted by molar-refractivity contribution is -0.141. The van der Waals surface area contributed by atoms with Crippen LogP contribution in [0.5, 0.6) is 11.5 Å². The number of hydrogen-bond donors (Lipinski definition) is 0. The zero-order valence-corrected chi connectivity index (χ0v) is 10.1. The minimum absolute atomic E-state index is 0.0203. The van der Waals surface area contributed by atoms with E-state index in [1.165, 1.54) is 0 Å². The highest BCUT2D eigenvalue weighted by Crippen LogP contribution is 2.29. The molecule has 0 amide bonds. The second-order valence-corrected chi connectivity index (χ2v) is 4.05. The fourth-order valence-electron chi connectivity index (χ4n) is 2.01. The van der Waals surface area contributed by atoms with Crippen LogP contribution in [0.4, 0.5) is 0 Å². The van der Waals surface area contributed by atoms with Gasteiger partial charge in [0.15, 0.2) is 11.5 Å². The van der Waals surface area contributed by atoms with Gasteiger partial charge in [0.05, 0.1) is 26.7 Å². The Balaban J connectivity index is 2.13. The molecule has 1 aromatic carbocycles. The zero-order valence-electron chi connectivity index (χ0n) is 10.1. The van der Waals surface area contributed by atoms with Gasteiger partial charge in [0, 0.05) is 0 Å². The molecule has 1 aliphatic rings. The number of carbonyl (C=O) groups excluding carboxylic acids is 1. The van der Waals surface area contributed by atoms with Crippen molar-refractivity contribution in [2.75, 3.05) is 20.8 Å². The predicted molar refractivity (Wildman–Crippen MR) is 62.3 cm³/mol. The van der Waals surface area contributed by atoms with Gasteiger partial charge < -0.3 is 14.2 Å². The Kier molecular flexibility index (Phi) is 3.52. The molecule has 1 unspecified atom stereocenters. The molecule has 0 bridgehead atoms. The van der Waals surface area contributed by atoms with E-state index in [0.29, 0.717) is 24.5 Å². The lowest BCUT2D eigenvalue weighted by Gasteiger charge is -2.10. The molecule has 0 saturated carbocycles. The van der Waals surface area contributed by atoms with Crippen LogP contribution in [0.2, 0.25) is 0 Å². The lowest BCUT2D eigenvalue weighted by Crippen LogP contribution is -2.10. The first-order chi connectivity index (χ1) is 8.24. The summed E-state index contributed by atoms with van der Waals surface area (Å²) in [6, 6.07) is 5.71. The van der Waals surface area contributed by atoms with Gasteiger partial charge in [-0.3, -0.25) is 4.79 Å². The highest BCUT2D eigenvalue weighted by molar-refractivity contribution is 5.74. The van der Waals surface area contributed by atoms with Crippen LogP contribution >= 0.6 is 0 Å². The summed E-state index contributed by atoms with van der Waals surface area (Å²) in [6.07, 6.45) is 1.49. The first-order valence-corrected chi connectivity index (χ1v) is 5.62. The Morgan fingerprint density at radius 1 is 1.29 bits per heavy atom. The zero-order chi connectivity index (χ0) is 12.3. The highest BCUT2D eigenvalue weighted by Gasteiger charge is 2.26. The van der Waals surface area contributed by atoms with Crippen molar-refractivity contribution in [2.45, 2.75) is 12.8 Å². The monoisotopic (exact) mass is 236 g/mol. The van der Waals surface area contributed by atoms with Gasteiger partial charge in [-0.1, -0.05) is 6.07 Å².